The number of aromatic nitrogens is 1. The lowest BCUT2D eigenvalue weighted by atomic mass is 9.79. The van der Waals surface area contributed by atoms with Crippen molar-refractivity contribution in [2.45, 2.75) is 30.6 Å². The third-order valence-electron chi connectivity index (χ3n) is 5.42. The Hall–Kier alpha value is -2.51. The molecule has 2 N–H and O–H groups in total. The zero-order valence-electron chi connectivity index (χ0n) is 15.4. The van der Waals surface area contributed by atoms with E-state index in [-0.39, 0.29) is 12.1 Å². The molecule has 4 nitrogen and oxygen atoms in total. The second kappa shape index (κ2) is 7.07. The number of esters is 1. The number of rotatable bonds is 3. The molecule has 0 radical (unpaired) electrons. The fraction of sp³-hybridized carbons (Fsp3) is 0.286. The molecule has 0 fully saturated rings. The zero-order valence-corrected chi connectivity index (χ0v) is 16.2. The van der Waals surface area contributed by atoms with Gasteiger partial charge in [0, 0.05) is 34.5 Å². The van der Waals surface area contributed by atoms with E-state index in [1.54, 1.807) is 48.5 Å². The van der Waals surface area contributed by atoms with Crippen LogP contribution in [0.3, 0.4) is 0 Å². The number of H-pyrrole nitrogens is 1. The summed E-state index contributed by atoms with van der Waals surface area (Å²) in [5.74, 6) is -0.731. The van der Waals surface area contributed by atoms with Gasteiger partial charge in [-0.25, -0.2) is 0 Å². The summed E-state index contributed by atoms with van der Waals surface area (Å²) in [4.78, 5) is 15.2. The molecule has 0 spiro atoms. The standard InChI is InChI=1S/C21H18ClF3N2O2/c1-29-19(28)17-10-15-14-4-2-3-5-16(14)26-18(15)20(27-17,21(23,24)25)11-12-6-8-13(22)9-7-12/h2-9,17,26-27H,10-11H2,1H3. The maximum absolute atomic E-state index is 14.6. The molecule has 0 amide bonds. The molecule has 0 saturated carbocycles. The number of methoxy groups -OCH3 is 1. The molecule has 2 atom stereocenters. The summed E-state index contributed by atoms with van der Waals surface area (Å²) in [5, 5.41) is 3.68. The quantitative estimate of drug-likeness (QED) is 0.611. The number of carbonyl (C=O) groups is 1. The molecule has 0 aliphatic carbocycles. The van der Waals surface area contributed by atoms with Crippen LogP contribution in [0.1, 0.15) is 16.8 Å². The molecule has 29 heavy (non-hydrogen) atoms. The fourth-order valence-electron chi connectivity index (χ4n) is 4.06. The number of hydrogen-bond acceptors (Lipinski definition) is 3. The molecule has 2 heterocycles. The molecule has 8 heteroatoms. The molecular weight excluding hydrogens is 405 g/mol. The van der Waals surface area contributed by atoms with Crippen molar-refractivity contribution in [1.29, 1.82) is 0 Å². The third kappa shape index (κ3) is 3.28. The summed E-state index contributed by atoms with van der Waals surface area (Å²) in [6, 6.07) is 12.1. The van der Waals surface area contributed by atoms with Crippen LogP contribution >= 0.6 is 11.6 Å². The molecule has 0 saturated heterocycles. The second-order valence-corrected chi connectivity index (χ2v) is 7.59. The molecule has 1 aliphatic heterocycles. The first-order valence-corrected chi connectivity index (χ1v) is 9.40. The van der Waals surface area contributed by atoms with E-state index in [0.717, 1.165) is 0 Å². The topological polar surface area (TPSA) is 54.1 Å². The second-order valence-electron chi connectivity index (χ2n) is 7.15. The van der Waals surface area contributed by atoms with Gasteiger partial charge in [0.1, 0.15) is 6.04 Å². The number of para-hydroxylation sites is 1. The predicted octanol–water partition coefficient (Wildman–Crippen LogP) is 4.51. The van der Waals surface area contributed by atoms with Gasteiger partial charge in [-0.3, -0.25) is 10.1 Å². The van der Waals surface area contributed by atoms with Crippen LogP contribution < -0.4 is 5.32 Å². The highest BCUT2D eigenvalue weighted by atomic mass is 35.5. The van der Waals surface area contributed by atoms with Crippen molar-refractivity contribution in [3.05, 3.63) is 70.4 Å². The first kappa shape index (κ1) is 19.8. The number of nitrogens with one attached hydrogen (secondary N) is 2. The summed E-state index contributed by atoms with van der Waals surface area (Å²) < 4.78 is 48.7. The Morgan fingerprint density at radius 1 is 1.21 bits per heavy atom. The van der Waals surface area contributed by atoms with E-state index < -0.39 is 30.1 Å². The summed E-state index contributed by atoms with van der Waals surface area (Å²) in [7, 11) is 1.17. The number of hydrogen-bond donors (Lipinski definition) is 2. The van der Waals surface area contributed by atoms with Crippen LogP contribution in [-0.4, -0.2) is 30.3 Å². The van der Waals surface area contributed by atoms with Gasteiger partial charge in [0.15, 0.2) is 5.54 Å². The highest BCUT2D eigenvalue weighted by molar-refractivity contribution is 6.30. The van der Waals surface area contributed by atoms with E-state index in [0.29, 0.717) is 27.1 Å². The minimum absolute atomic E-state index is 0.0290. The highest BCUT2D eigenvalue weighted by Crippen LogP contribution is 2.47. The van der Waals surface area contributed by atoms with E-state index in [2.05, 4.69) is 10.3 Å². The normalized spacial score (nSPS) is 21.8. The van der Waals surface area contributed by atoms with Crippen molar-refractivity contribution in [2.24, 2.45) is 0 Å². The summed E-state index contributed by atoms with van der Waals surface area (Å²) in [5.41, 5.74) is -0.946. The van der Waals surface area contributed by atoms with Crippen molar-refractivity contribution in [2.75, 3.05) is 7.11 Å². The average Bonchev–Trinajstić information content (AvgIpc) is 3.07. The van der Waals surface area contributed by atoms with Crippen LogP contribution in [0.25, 0.3) is 10.9 Å². The minimum atomic E-state index is -4.69. The van der Waals surface area contributed by atoms with Crippen LogP contribution in [0.15, 0.2) is 48.5 Å². The number of ether oxygens (including phenoxy) is 1. The molecule has 3 aromatic rings. The lowest BCUT2D eigenvalue weighted by molar-refractivity contribution is -0.208. The van der Waals surface area contributed by atoms with Gasteiger partial charge in [0.25, 0.3) is 0 Å². The smallest absolute Gasteiger partial charge is 0.412 e. The SMILES string of the molecule is COC(=O)C1Cc2c([nH]c3ccccc23)C(Cc2ccc(Cl)cc2)(C(F)(F)F)N1. The van der Waals surface area contributed by atoms with Crippen molar-refractivity contribution in [3.63, 3.8) is 0 Å². The largest absolute Gasteiger partial charge is 0.468 e. The van der Waals surface area contributed by atoms with E-state index >= 15 is 0 Å². The van der Waals surface area contributed by atoms with Crippen molar-refractivity contribution < 1.29 is 22.7 Å². The highest BCUT2D eigenvalue weighted by Gasteiger charge is 2.61. The number of aromatic amines is 1. The number of benzene rings is 2. The van der Waals surface area contributed by atoms with Crippen LogP contribution in [-0.2, 0) is 27.9 Å². The van der Waals surface area contributed by atoms with Crippen molar-refractivity contribution >= 4 is 28.5 Å². The Morgan fingerprint density at radius 3 is 2.55 bits per heavy atom. The molecule has 2 unspecified atom stereocenters. The van der Waals surface area contributed by atoms with E-state index in [1.807, 2.05) is 0 Å². The first-order valence-electron chi connectivity index (χ1n) is 9.02. The summed E-state index contributed by atoms with van der Waals surface area (Å²) in [6.45, 7) is 0. The Labute approximate surface area is 170 Å². The van der Waals surface area contributed by atoms with Crippen LogP contribution in [0.4, 0.5) is 13.2 Å². The Bertz CT molecular complexity index is 1060. The van der Waals surface area contributed by atoms with E-state index in [4.69, 9.17) is 16.3 Å². The number of fused-ring (bicyclic) bond motifs is 3. The monoisotopic (exact) mass is 422 g/mol. The summed E-state index contributed by atoms with van der Waals surface area (Å²) >= 11 is 5.89. The van der Waals surface area contributed by atoms with Gasteiger partial charge in [0.2, 0.25) is 0 Å². The Kier molecular flexibility index (Phi) is 4.83. The van der Waals surface area contributed by atoms with E-state index in [9.17, 15) is 18.0 Å². The average molecular weight is 423 g/mol. The third-order valence-corrected chi connectivity index (χ3v) is 5.67. The van der Waals surface area contributed by atoms with Gasteiger partial charge < -0.3 is 9.72 Å². The van der Waals surface area contributed by atoms with Gasteiger partial charge in [-0.2, -0.15) is 13.2 Å². The maximum atomic E-state index is 14.6. The number of alkyl halides is 3. The minimum Gasteiger partial charge on any atom is -0.468 e. The Morgan fingerprint density at radius 2 is 1.90 bits per heavy atom. The molecule has 1 aromatic heterocycles. The lowest BCUT2D eigenvalue weighted by Gasteiger charge is -2.42. The molecule has 152 valence electrons. The molecule has 4 rings (SSSR count). The van der Waals surface area contributed by atoms with Gasteiger partial charge in [-0.05, 0) is 29.3 Å². The first-order chi connectivity index (χ1) is 13.7. The number of halogens is 4. The van der Waals surface area contributed by atoms with Crippen LogP contribution in [0.2, 0.25) is 5.02 Å². The van der Waals surface area contributed by atoms with Gasteiger partial charge in [-0.15, -0.1) is 0 Å². The molecule has 2 aromatic carbocycles. The fourth-order valence-corrected chi connectivity index (χ4v) is 4.18. The Balaban J connectivity index is 1.95. The van der Waals surface area contributed by atoms with Gasteiger partial charge >= 0.3 is 12.1 Å². The molecule has 0 bridgehead atoms. The predicted molar refractivity (Wildman–Crippen MR) is 104 cm³/mol. The summed E-state index contributed by atoms with van der Waals surface area (Å²) in [6.07, 6.45) is -4.99. The zero-order chi connectivity index (χ0) is 20.8. The van der Waals surface area contributed by atoms with Crippen molar-refractivity contribution in [1.82, 2.24) is 10.3 Å². The van der Waals surface area contributed by atoms with Crippen LogP contribution in [0, 0.1) is 0 Å². The molecule has 1 aliphatic rings. The maximum Gasteiger partial charge on any atom is 0.412 e. The van der Waals surface area contributed by atoms with Crippen LogP contribution in [0.5, 0.6) is 0 Å². The lowest BCUT2D eigenvalue weighted by Crippen LogP contribution is -2.64. The van der Waals surface area contributed by atoms with Gasteiger partial charge in [0.05, 0.1) is 7.11 Å². The molecular formula is C21H18ClF3N2O2. The number of carbonyl (C=O) groups excluding carboxylic acids is 1. The van der Waals surface area contributed by atoms with Gasteiger partial charge in [-0.1, -0.05) is 41.9 Å². The van der Waals surface area contributed by atoms with E-state index in [1.165, 1.54) is 7.11 Å². The van der Waals surface area contributed by atoms with Crippen molar-refractivity contribution in [3.8, 4) is 0 Å².